The highest BCUT2D eigenvalue weighted by atomic mass is 16.2. The molecule has 2 saturated heterocycles. The number of hydrogen-bond donors (Lipinski definition) is 2. The Bertz CT molecular complexity index is 653. The van der Waals surface area contributed by atoms with Gasteiger partial charge in [-0.1, -0.05) is 12.1 Å². The van der Waals surface area contributed by atoms with E-state index in [9.17, 15) is 9.59 Å². The van der Waals surface area contributed by atoms with E-state index in [1.54, 1.807) is 0 Å². The largest absolute Gasteiger partial charge is 0.370 e. The van der Waals surface area contributed by atoms with Crippen molar-refractivity contribution in [3.8, 4) is 0 Å². The number of anilines is 2. The third kappa shape index (κ3) is 3.72. The molecule has 1 atom stereocenters. The molecule has 2 heterocycles. The van der Waals surface area contributed by atoms with Crippen LogP contribution in [0.2, 0.25) is 0 Å². The molecular weight excluding hydrogens is 316 g/mol. The standard InChI is InChI=1S/C19H26N4O2/c24-18-11-14(13-23(18)15-7-8-15)12-20-19(25)21-16-5-1-2-6-17(16)22-9-3-4-10-22/h1-2,5-6,14-15H,3-4,7-13H2,(H2,20,21,25). The summed E-state index contributed by atoms with van der Waals surface area (Å²) in [6, 6.07) is 8.24. The Kier molecular flexibility index (Phi) is 4.51. The summed E-state index contributed by atoms with van der Waals surface area (Å²) in [5.41, 5.74) is 1.94. The maximum absolute atomic E-state index is 12.3. The number of para-hydroxylation sites is 2. The molecule has 2 N–H and O–H groups in total. The Balaban J connectivity index is 1.30. The number of nitrogens with one attached hydrogen (secondary N) is 2. The van der Waals surface area contributed by atoms with Gasteiger partial charge in [-0.2, -0.15) is 0 Å². The van der Waals surface area contributed by atoms with Crippen molar-refractivity contribution in [2.24, 2.45) is 5.92 Å². The summed E-state index contributed by atoms with van der Waals surface area (Å²) < 4.78 is 0. The zero-order valence-corrected chi connectivity index (χ0v) is 14.5. The lowest BCUT2D eigenvalue weighted by atomic mass is 10.1. The molecule has 6 nitrogen and oxygen atoms in total. The lowest BCUT2D eigenvalue weighted by Crippen LogP contribution is -2.35. The van der Waals surface area contributed by atoms with Crippen molar-refractivity contribution in [2.75, 3.05) is 36.4 Å². The van der Waals surface area contributed by atoms with Crippen LogP contribution in [0, 0.1) is 5.92 Å². The molecule has 134 valence electrons. The van der Waals surface area contributed by atoms with Crippen molar-refractivity contribution in [1.29, 1.82) is 0 Å². The number of carbonyl (C=O) groups is 2. The second-order valence-electron chi connectivity index (χ2n) is 7.39. The molecule has 3 amide bonds. The van der Waals surface area contributed by atoms with E-state index < -0.39 is 0 Å². The van der Waals surface area contributed by atoms with Gasteiger partial charge in [-0.25, -0.2) is 4.79 Å². The van der Waals surface area contributed by atoms with Gasteiger partial charge in [-0.15, -0.1) is 0 Å². The monoisotopic (exact) mass is 342 g/mol. The zero-order valence-electron chi connectivity index (χ0n) is 14.5. The van der Waals surface area contributed by atoms with Gasteiger partial charge in [-0.05, 0) is 37.8 Å². The van der Waals surface area contributed by atoms with E-state index in [4.69, 9.17) is 0 Å². The molecule has 25 heavy (non-hydrogen) atoms. The Morgan fingerprint density at radius 2 is 1.92 bits per heavy atom. The third-order valence-electron chi connectivity index (χ3n) is 5.38. The average Bonchev–Trinajstić information content (AvgIpc) is 3.16. The molecule has 0 aromatic heterocycles. The Hall–Kier alpha value is -2.24. The predicted octanol–water partition coefficient (Wildman–Crippen LogP) is 2.42. The van der Waals surface area contributed by atoms with Crippen LogP contribution in [0.1, 0.15) is 32.1 Å². The Morgan fingerprint density at radius 3 is 2.68 bits per heavy atom. The minimum atomic E-state index is -0.191. The second kappa shape index (κ2) is 6.94. The van der Waals surface area contributed by atoms with Crippen molar-refractivity contribution < 1.29 is 9.59 Å². The van der Waals surface area contributed by atoms with Crippen LogP contribution in [-0.2, 0) is 4.79 Å². The topological polar surface area (TPSA) is 64.7 Å². The Labute approximate surface area is 148 Å². The summed E-state index contributed by atoms with van der Waals surface area (Å²) in [6.07, 6.45) is 5.24. The first-order chi connectivity index (χ1) is 12.2. The number of likely N-dealkylation sites (tertiary alicyclic amines) is 1. The lowest BCUT2D eigenvalue weighted by molar-refractivity contribution is -0.128. The van der Waals surface area contributed by atoms with Gasteiger partial charge in [0.2, 0.25) is 5.91 Å². The van der Waals surface area contributed by atoms with Crippen molar-refractivity contribution in [3.05, 3.63) is 24.3 Å². The SMILES string of the molecule is O=C(NCC1CC(=O)N(C2CC2)C1)Nc1ccccc1N1CCCC1. The third-order valence-corrected chi connectivity index (χ3v) is 5.38. The van der Waals surface area contributed by atoms with E-state index in [2.05, 4.69) is 21.6 Å². The first-order valence-electron chi connectivity index (χ1n) is 9.39. The first kappa shape index (κ1) is 16.2. The van der Waals surface area contributed by atoms with Crippen LogP contribution in [0.3, 0.4) is 0 Å². The number of amides is 3. The fourth-order valence-corrected chi connectivity index (χ4v) is 3.90. The van der Waals surface area contributed by atoms with Crippen LogP contribution in [0.5, 0.6) is 0 Å². The van der Waals surface area contributed by atoms with Crippen LogP contribution < -0.4 is 15.5 Å². The zero-order chi connectivity index (χ0) is 17.2. The van der Waals surface area contributed by atoms with E-state index in [-0.39, 0.29) is 17.9 Å². The summed E-state index contributed by atoms with van der Waals surface area (Å²) in [4.78, 5) is 28.6. The maximum atomic E-state index is 12.3. The summed E-state index contributed by atoms with van der Waals surface area (Å²) in [5, 5.41) is 5.92. The average molecular weight is 342 g/mol. The number of nitrogens with zero attached hydrogens (tertiary/aromatic N) is 2. The number of benzene rings is 1. The van der Waals surface area contributed by atoms with Gasteiger partial charge in [0.05, 0.1) is 11.4 Å². The van der Waals surface area contributed by atoms with Gasteiger partial charge in [0.25, 0.3) is 0 Å². The van der Waals surface area contributed by atoms with E-state index >= 15 is 0 Å². The van der Waals surface area contributed by atoms with Gasteiger partial charge in [-0.3, -0.25) is 4.79 Å². The van der Waals surface area contributed by atoms with Crippen molar-refractivity contribution in [1.82, 2.24) is 10.2 Å². The van der Waals surface area contributed by atoms with Crippen molar-refractivity contribution >= 4 is 23.3 Å². The molecule has 1 aromatic carbocycles. The van der Waals surface area contributed by atoms with Gasteiger partial charge >= 0.3 is 6.03 Å². The van der Waals surface area contributed by atoms with Gasteiger partial charge < -0.3 is 20.4 Å². The Morgan fingerprint density at radius 1 is 1.16 bits per heavy atom. The molecule has 2 aliphatic heterocycles. The maximum Gasteiger partial charge on any atom is 0.319 e. The smallest absolute Gasteiger partial charge is 0.319 e. The summed E-state index contributed by atoms with van der Waals surface area (Å²) >= 11 is 0. The molecule has 1 saturated carbocycles. The molecule has 3 fully saturated rings. The highest BCUT2D eigenvalue weighted by molar-refractivity contribution is 5.93. The van der Waals surface area contributed by atoms with Gasteiger partial charge in [0.1, 0.15) is 0 Å². The minimum absolute atomic E-state index is 0.191. The molecule has 1 aromatic rings. The lowest BCUT2D eigenvalue weighted by Gasteiger charge is -2.22. The molecule has 1 unspecified atom stereocenters. The number of rotatable bonds is 5. The molecular formula is C19H26N4O2. The van der Waals surface area contributed by atoms with E-state index in [1.807, 2.05) is 23.1 Å². The van der Waals surface area contributed by atoms with Crippen LogP contribution in [0.25, 0.3) is 0 Å². The van der Waals surface area contributed by atoms with Crippen molar-refractivity contribution in [3.63, 3.8) is 0 Å². The molecule has 0 radical (unpaired) electrons. The normalized spacial score (nSPS) is 23.2. The molecule has 3 aliphatic rings. The second-order valence-corrected chi connectivity index (χ2v) is 7.39. The first-order valence-corrected chi connectivity index (χ1v) is 9.39. The molecule has 0 spiro atoms. The van der Waals surface area contributed by atoms with Gasteiger partial charge in [0.15, 0.2) is 0 Å². The highest BCUT2D eigenvalue weighted by Crippen LogP contribution is 2.32. The van der Waals surface area contributed by atoms with Crippen molar-refractivity contribution in [2.45, 2.75) is 38.1 Å². The van der Waals surface area contributed by atoms with Crippen LogP contribution in [-0.4, -0.2) is 49.1 Å². The van der Waals surface area contributed by atoms with E-state index in [0.717, 1.165) is 43.9 Å². The number of urea groups is 1. The quantitative estimate of drug-likeness (QED) is 0.864. The number of carbonyl (C=O) groups excluding carboxylic acids is 2. The summed E-state index contributed by atoms with van der Waals surface area (Å²) in [7, 11) is 0. The predicted molar refractivity (Wildman–Crippen MR) is 97.8 cm³/mol. The fourth-order valence-electron chi connectivity index (χ4n) is 3.90. The summed E-state index contributed by atoms with van der Waals surface area (Å²) in [5.74, 6) is 0.474. The summed E-state index contributed by atoms with van der Waals surface area (Å²) in [6.45, 7) is 3.42. The molecule has 4 rings (SSSR count). The van der Waals surface area contributed by atoms with Gasteiger partial charge in [0, 0.05) is 44.6 Å². The van der Waals surface area contributed by atoms with E-state index in [0.29, 0.717) is 19.0 Å². The van der Waals surface area contributed by atoms with Crippen LogP contribution in [0.4, 0.5) is 16.2 Å². The van der Waals surface area contributed by atoms with Crippen LogP contribution >= 0.6 is 0 Å². The number of hydrogen-bond acceptors (Lipinski definition) is 3. The molecule has 0 bridgehead atoms. The van der Waals surface area contributed by atoms with Crippen LogP contribution in [0.15, 0.2) is 24.3 Å². The highest BCUT2D eigenvalue weighted by Gasteiger charge is 2.39. The molecule has 6 heteroatoms. The minimum Gasteiger partial charge on any atom is -0.370 e. The van der Waals surface area contributed by atoms with E-state index in [1.165, 1.54) is 12.8 Å². The molecule has 1 aliphatic carbocycles. The fraction of sp³-hybridized carbons (Fsp3) is 0.579.